The molecule has 1 aromatic carbocycles. The van der Waals surface area contributed by atoms with Crippen LogP contribution in [-0.2, 0) is 6.54 Å². The van der Waals surface area contributed by atoms with Crippen molar-refractivity contribution in [1.29, 1.82) is 0 Å². The zero-order valence-corrected chi connectivity index (χ0v) is 15.0. The number of hydrogen-bond donors (Lipinski definition) is 1. The van der Waals surface area contributed by atoms with Crippen molar-refractivity contribution < 1.29 is 13.9 Å². The van der Waals surface area contributed by atoms with E-state index in [4.69, 9.17) is 4.74 Å². The van der Waals surface area contributed by atoms with Gasteiger partial charge in [0.2, 0.25) is 0 Å². The fourth-order valence-corrected chi connectivity index (χ4v) is 2.63. The first-order valence-electron chi connectivity index (χ1n) is 8.22. The van der Waals surface area contributed by atoms with Gasteiger partial charge in [-0.3, -0.25) is 4.98 Å². The Hall–Kier alpha value is -2.63. The predicted molar refractivity (Wildman–Crippen MR) is 94.8 cm³/mol. The topological polar surface area (TPSA) is 54.5 Å². The maximum Gasteiger partial charge on any atom is 0.318 e. The van der Waals surface area contributed by atoms with Crippen LogP contribution in [0.1, 0.15) is 37.9 Å². The number of carbonyl (C=O) groups excluding carboxylic acids is 1. The minimum absolute atomic E-state index is 0.0186. The van der Waals surface area contributed by atoms with Crippen LogP contribution < -0.4 is 10.1 Å². The molecule has 0 aliphatic rings. The highest BCUT2D eigenvalue weighted by Gasteiger charge is 2.23. The highest BCUT2D eigenvalue weighted by Crippen LogP contribution is 2.27. The molecule has 0 saturated heterocycles. The maximum absolute atomic E-state index is 14.2. The van der Waals surface area contributed by atoms with Crippen LogP contribution in [0.25, 0.3) is 0 Å². The van der Waals surface area contributed by atoms with Crippen LogP contribution in [0.3, 0.4) is 0 Å². The third-order valence-electron chi connectivity index (χ3n) is 3.97. The molecule has 0 bridgehead atoms. The highest BCUT2D eigenvalue weighted by molar-refractivity contribution is 5.75. The number of benzene rings is 1. The summed E-state index contributed by atoms with van der Waals surface area (Å²) in [6.07, 6.45) is 3.42. The lowest BCUT2D eigenvalue weighted by atomic mass is 10.1. The average Bonchev–Trinajstić information content (AvgIpc) is 2.59. The Labute approximate surface area is 147 Å². The number of halogens is 1. The number of nitrogens with one attached hydrogen (secondary N) is 1. The fraction of sp³-hybridized carbons (Fsp3) is 0.368. The average molecular weight is 345 g/mol. The van der Waals surface area contributed by atoms with E-state index in [2.05, 4.69) is 10.3 Å². The Balaban J connectivity index is 2.15. The third kappa shape index (κ3) is 4.68. The van der Waals surface area contributed by atoms with Crippen molar-refractivity contribution in [3.8, 4) is 5.75 Å². The van der Waals surface area contributed by atoms with E-state index >= 15 is 0 Å². The molecule has 0 aliphatic heterocycles. The highest BCUT2D eigenvalue weighted by atomic mass is 19.1. The monoisotopic (exact) mass is 345 g/mol. The number of nitrogens with zero attached hydrogens (tertiary/aromatic N) is 2. The van der Waals surface area contributed by atoms with Gasteiger partial charge in [-0.25, -0.2) is 9.18 Å². The number of rotatable bonds is 6. The summed E-state index contributed by atoms with van der Waals surface area (Å²) in [7, 11) is 1.48. The van der Waals surface area contributed by atoms with Crippen LogP contribution in [0.2, 0.25) is 0 Å². The van der Waals surface area contributed by atoms with E-state index in [0.717, 1.165) is 5.56 Å². The Morgan fingerprint density at radius 2 is 2.04 bits per heavy atom. The molecule has 0 fully saturated rings. The van der Waals surface area contributed by atoms with Crippen molar-refractivity contribution in [2.45, 2.75) is 39.4 Å². The molecule has 0 aliphatic carbocycles. The molecule has 1 atom stereocenters. The Bertz CT molecular complexity index is 707. The molecule has 25 heavy (non-hydrogen) atoms. The van der Waals surface area contributed by atoms with Gasteiger partial charge in [-0.15, -0.1) is 0 Å². The van der Waals surface area contributed by atoms with Crippen molar-refractivity contribution in [2.24, 2.45) is 0 Å². The molecular formula is C19H24FN3O2. The molecule has 134 valence electrons. The number of urea groups is 1. The zero-order chi connectivity index (χ0) is 18.4. The van der Waals surface area contributed by atoms with Crippen molar-refractivity contribution >= 4 is 6.03 Å². The van der Waals surface area contributed by atoms with E-state index in [-0.39, 0.29) is 12.1 Å². The van der Waals surface area contributed by atoms with E-state index in [0.29, 0.717) is 17.9 Å². The molecule has 2 amide bonds. The molecular weight excluding hydrogens is 321 g/mol. The molecule has 1 heterocycles. The minimum atomic E-state index is -0.529. The largest absolute Gasteiger partial charge is 0.496 e. The number of pyridine rings is 1. The summed E-state index contributed by atoms with van der Waals surface area (Å²) in [5.41, 5.74) is 1.27. The van der Waals surface area contributed by atoms with E-state index in [9.17, 15) is 9.18 Å². The molecule has 1 N–H and O–H groups in total. The van der Waals surface area contributed by atoms with Gasteiger partial charge >= 0.3 is 6.03 Å². The molecule has 0 saturated carbocycles. The van der Waals surface area contributed by atoms with Gasteiger partial charge in [0, 0.05) is 25.0 Å². The summed E-state index contributed by atoms with van der Waals surface area (Å²) in [5.74, 6) is 0.00617. The summed E-state index contributed by atoms with van der Waals surface area (Å²) >= 11 is 0. The lowest BCUT2D eigenvalue weighted by Crippen LogP contribution is -2.44. The zero-order valence-electron chi connectivity index (χ0n) is 15.0. The van der Waals surface area contributed by atoms with Crippen LogP contribution >= 0.6 is 0 Å². The predicted octanol–water partition coefficient (Wildman–Crippen LogP) is 3.91. The second-order valence-corrected chi connectivity index (χ2v) is 6.11. The molecule has 5 nitrogen and oxygen atoms in total. The second kappa shape index (κ2) is 8.46. The first-order valence-corrected chi connectivity index (χ1v) is 8.22. The molecule has 2 rings (SSSR count). The van der Waals surface area contributed by atoms with Crippen molar-refractivity contribution in [3.05, 3.63) is 59.7 Å². The molecule has 2 aromatic rings. The number of aromatic nitrogens is 1. The number of hydrogen-bond acceptors (Lipinski definition) is 3. The molecule has 0 radical (unpaired) electrons. The number of methoxy groups -OCH3 is 1. The Morgan fingerprint density at radius 3 is 2.64 bits per heavy atom. The van der Waals surface area contributed by atoms with E-state index < -0.39 is 11.9 Å². The fourth-order valence-electron chi connectivity index (χ4n) is 2.63. The first-order chi connectivity index (χ1) is 11.9. The standard InChI is InChI=1S/C19H24FN3O2/c1-13(2)23(12-15-7-6-10-21-11-15)19(24)22-14(3)18-16(20)8-5-9-17(18)25-4/h5-11,13-14H,12H2,1-4H3,(H,22,24)/t14-/m1/s1. The van der Waals surface area contributed by atoms with Crippen molar-refractivity contribution in [3.63, 3.8) is 0 Å². The first kappa shape index (κ1) is 18.7. The summed E-state index contributed by atoms with van der Waals surface area (Å²) in [4.78, 5) is 18.5. The van der Waals surface area contributed by atoms with Crippen molar-refractivity contribution in [2.75, 3.05) is 7.11 Å². The molecule has 0 spiro atoms. The van der Waals surface area contributed by atoms with Crippen LogP contribution in [0.5, 0.6) is 5.75 Å². The van der Waals surface area contributed by atoms with Gasteiger partial charge in [-0.05, 0) is 44.5 Å². The van der Waals surface area contributed by atoms with Gasteiger partial charge in [-0.2, -0.15) is 0 Å². The lowest BCUT2D eigenvalue weighted by Gasteiger charge is -2.29. The summed E-state index contributed by atoms with van der Waals surface area (Å²) in [6, 6.07) is 7.55. The van der Waals surface area contributed by atoms with Crippen LogP contribution in [0.4, 0.5) is 9.18 Å². The normalized spacial score (nSPS) is 11.9. The molecule has 0 unspecified atom stereocenters. The van der Waals surface area contributed by atoms with Gasteiger partial charge < -0.3 is 15.0 Å². The quantitative estimate of drug-likeness (QED) is 0.863. The van der Waals surface area contributed by atoms with Gasteiger partial charge in [-0.1, -0.05) is 12.1 Å². The Morgan fingerprint density at radius 1 is 1.28 bits per heavy atom. The summed E-state index contributed by atoms with van der Waals surface area (Å²) < 4.78 is 19.4. The minimum Gasteiger partial charge on any atom is -0.496 e. The van der Waals surface area contributed by atoms with Gasteiger partial charge in [0.15, 0.2) is 0 Å². The van der Waals surface area contributed by atoms with Crippen LogP contribution in [0, 0.1) is 5.82 Å². The number of carbonyl (C=O) groups is 1. The summed E-state index contributed by atoms with van der Waals surface area (Å²) in [6.45, 7) is 6.04. The number of ether oxygens (including phenoxy) is 1. The lowest BCUT2D eigenvalue weighted by molar-refractivity contribution is 0.176. The van der Waals surface area contributed by atoms with E-state index in [1.54, 1.807) is 36.4 Å². The smallest absolute Gasteiger partial charge is 0.318 e. The van der Waals surface area contributed by atoms with Crippen molar-refractivity contribution in [1.82, 2.24) is 15.2 Å². The molecule has 6 heteroatoms. The SMILES string of the molecule is COc1cccc(F)c1[C@@H](C)NC(=O)N(Cc1cccnc1)C(C)C. The second-order valence-electron chi connectivity index (χ2n) is 6.11. The van der Waals surface area contributed by atoms with E-state index in [1.165, 1.54) is 13.2 Å². The van der Waals surface area contributed by atoms with Crippen LogP contribution in [0.15, 0.2) is 42.7 Å². The van der Waals surface area contributed by atoms with Gasteiger partial charge in [0.1, 0.15) is 11.6 Å². The molecule has 1 aromatic heterocycles. The number of amides is 2. The van der Waals surface area contributed by atoms with Gasteiger partial charge in [0.05, 0.1) is 18.7 Å². The summed E-state index contributed by atoms with van der Waals surface area (Å²) in [5, 5.41) is 2.86. The third-order valence-corrected chi connectivity index (χ3v) is 3.97. The Kier molecular flexibility index (Phi) is 6.33. The van der Waals surface area contributed by atoms with E-state index in [1.807, 2.05) is 26.0 Å². The maximum atomic E-state index is 14.2. The van der Waals surface area contributed by atoms with Crippen LogP contribution in [-0.4, -0.2) is 29.1 Å². The van der Waals surface area contributed by atoms with Gasteiger partial charge in [0.25, 0.3) is 0 Å².